The number of hydrogen-bond donors (Lipinski definition) is 2. The van der Waals surface area contributed by atoms with Gasteiger partial charge in [0, 0.05) is 23.5 Å². The minimum absolute atomic E-state index is 0.200. The molecule has 3 aromatic rings. The lowest BCUT2D eigenvalue weighted by atomic mass is 10.1. The van der Waals surface area contributed by atoms with E-state index in [1.54, 1.807) is 36.5 Å². The van der Waals surface area contributed by atoms with Crippen LogP contribution in [0.3, 0.4) is 0 Å². The third-order valence-electron chi connectivity index (χ3n) is 4.01. The van der Waals surface area contributed by atoms with E-state index < -0.39 is 0 Å². The lowest BCUT2D eigenvalue weighted by Crippen LogP contribution is -2.12. The van der Waals surface area contributed by atoms with Gasteiger partial charge in [0.15, 0.2) is 0 Å². The zero-order valence-corrected chi connectivity index (χ0v) is 15.8. The van der Waals surface area contributed by atoms with E-state index in [1.807, 2.05) is 50.2 Å². The summed E-state index contributed by atoms with van der Waals surface area (Å²) in [6.45, 7) is 3.90. The second-order valence-electron chi connectivity index (χ2n) is 6.49. The maximum atomic E-state index is 12.5. The minimum Gasteiger partial charge on any atom is -0.322 e. The van der Waals surface area contributed by atoms with Crippen LogP contribution in [-0.2, 0) is 4.79 Å². The van der Waals surface area contributed by atoms with Gasteiger partial charge < -0.3 is 10.6 Å². The fraction of sp³-hybridized carbons (Fsp3) is 0.0870. The molecule has 0 fully saturated rings. The Labute approximate surface area is 164 Å². The maximum absolute atomic E-state index is 12.5. The number of aromatic nitrogens is 1. The van der Waals surface area contributed by atoms with Crippen molar-refractivity contribution in [1.29, 1.82) is 0 Å². The summed E-state index contributed by atoms with van der Waals surface area (Å²) in [6.07, 6.45) is 4.77. The summed E-state index contributed by atoms with van der Waals surface area (Å²) < 4.78 is 0. The van der Waals surface area contributed by atoms with E-state index in [4.69, 9.17) is 0 Å². The monoisotopic (exact) mass is 371 g/mol. The van der Waals surface area contributed by atoms with Crippen LogP contribution < -0.4 is 10.6 Å². The first-order valence-corrected chi connectivity index (χ1v) is 8.89. The first-order valence-electron chi connectivity index (χ1n) is 8.89. The van der Waals surface area contributed by atoms with Crippen LogP contribution in [0.15, 0.2) is 72.9 Å². The second-order valence-corrected chi connectivity index (χ2v) is 6.49. The predicted octanol–water partition coefficient (Wildman–Crippen LogP) is 4.60. The molecular formula is C23H21N3O2. The Morgan fingerprint density at radius 1 is 0.893 bits per heavy atom. The number of hydrogen-bond acceptors (Lipinski definition) is 3. The van der Waals surface area contributed by atoms with Gasteiger partial charge in [0.05, 0.1) is 0 Å². The van der Waals surface area contributed by atoms with Crippen molar-refractivity contribution in [3.8, 4) is 0 Å². The number of benzene rings is 2. The van der Waals surface area contributed by atoms with Gasteiger partial charge >= 0.3 is 0 Å². The second kappa shape index (κ2) is 8.77. The summed E-state index contributed by atoms with van der Waals surface area (Å²) in [7, 11) is 0. The van der Waals surface area contributed by atoms with Crippen LogP contribution in [0.1, 0.15) is 27.0 Å². The highest BCUT2D eigenvalue weighted by Crippen LogP contribution is 2.13. The molecule has 0 saturated heterocycles. The molecule has 1 aromatic heterocycles. The normalized spacial score (nSPS) is 10.6. The average Bonchev–Trinajstić information content (AvgIpc) is 2.68. The van der Waals surface area contributed by atoms with Crippen molar-refractivity contribution in [3.63, 3.8) is 0 Å². The van der Waals surface area contributed by atoms with Crippen molar-refractivity contribution in [2.24, 2.45) is 0 Å². The lowest BCUT2D eigenvalue weighted by molar-refractivity contribution is -0.111. The summed E-state index contributed by atoms with van der Waals surface area (Å²) in [4.78, 5) is 28.6. The molecule has 0 aliphatic rings. The van der Waals surface area contributed by atoms with Crippen molar-refractivity contribution < 1.29 is 9.59 Å². The predicted molar refractivity (Wildman–Crippen MR) is 112 cm³/mol. The highest BCUT2D eigenvalue weighted by molar-refractivity contribution is 6.05. The van der Waals surface area contributed by atoms with Crippen LogP contribution in [0, 0.1) is 13.8 Å². The number of anilines is 2. The van der Waals surface area contributed by atoms with Crippen LogP contribution in [0.25, 0.3) is 6.08 Å². The summed E-state index contributed by atoms with van der Waals surface area (Å²) in [6, 6.07) is 18.3. The Bertz CT molecular complexity index is 1020. The Morgan fingerprint density at radius 2 is 1.71 bits per heavy atom. The molecule has 0 unspecified atom stereocenters. The highest BCUT2D eigenvalue weighted by atomic mass is 16.2. The van der Waals surface area contributed by atoms with Gasteiger partial charge in [-0.2, -0.15) is 0 Å². The summed E-state index contributed by atoms with van der Waals surface area (Å²) in [5, 5.41) is 5.58. The Kier molecular flexibility index (Phi) is 5.97. The number of nitrogens with one attached hydrogen (secondary N) is 2. The molecule has 2 amide bonds. The molecule has 2 aromatic carbocycles. The molecule has 0 atom stereocenters. The van der Waals surface area contributed by atoms with Crippen LogP contribution >= 0.6 is 0 Å². The van der Waals surface area contributed by atoms with Gasteiger partial charge in [-0.05, 0) is 66.9 Å². The molecule has 3 rings (SSSR count). The fourth-order valence-electron chi connectivity index (χ4n) is 2.59. The van der Waals surface area contributed by atoms with E-state index in [0.29, 0.717) is 11.4 Å². The number of carbonyl (C=O) groups is 2. The van der Waals surface area contributed by atoms with Gasteiger partial charge in [-0.3, -0.25) is 9.59 Å². The number of aryl methyl sites for hydroxylation is 2. The lowest BCUT2D eigenvalue weighted by Gasteiger charge is -2.06. The third-order valence-corrected chi connectivity index (χ3v) is 4.01. The topological polar surface area (TPSA) is 71.1 Å². The molecule has 0 aliphatic carbocycles. The molecule has 1 heterocycles. The van der Waals surface area contributed by atoms with Crippen LogP contribution in [0.5, 0.6) is 0 Å². The zero-order chi connectivity index (χ0) is 19.9. The van der Waals surface area contributed by atoms with Gasteiger partial charge in [-0.1, -0.05) is 30.3 Å². The van der Waals surface area contributed by atoms with Crippen molar-refractivity contribution in [3.05, 3.63) is 95.2 Å². The fourth-order valence-corrected chi connectivity index (χ4v) is 2.59. The first-order chi connectivity index (χ1) is 13.5. The standard InChI is InChI=1S/C23H21N3O2/c1-16-5-3-8-20(13-16)25-23(28)19-7-4-6-18(14-19)10-12-22(27)26-21-11-9-17(2)15-24-21/h3-15H,1-2H3,(H,25,28)(H,24,26,27)/b12-10+. The molecule has 0 saturated carbocycles. The molecular weight excluding hydrogens is 350 g/mol. The van der Waals surface area contributed by atoms with E-state index in [0.717, 1.165) is 22.4 Å². The molecule has 0 radical (unpaired) electrons. The van der Waals surface area contributed by atoms with Crippen LogP contribution in [0.4, 0.5) is 11.5 Å². The van der Waals surface area contributed by atoms with Crippen molar-refractivity contribution in [1.82, 2.24) is 4.98 Å². The number of carbonyl (C=O) groups excluding carboxylic acids is 2. The molecule has 0 bridgehead atoms. The van der Waals surface area contributed by atoms with E-state index in [-0.39, 0.29) is 11.8 Å². The molecule has 140 valence electrons. The van der Waals surface area contributed by atoms with Gasteiger partial charge in [-0.15, -0.1) is 0 Å². The molecule has 28 heavy (non-hydrogen) atoms. The van der Waals surface area contributed by atoms with E-state index >= 15 is 0 Å². The molecule has 0 spiro atoms. The van der Waals surface area contributed by atoms with Crippen molar-refractivity contribution in [2.45, 2.75) is 13.8 Å². The molecule has 5 heteroatoms. The number of nitrogens with zero attached hydrogens (tertiary/aromatic N) is 1. The molecule has 2 N–H and O–H groups in total. The van der Waals surface area contributed by atoms with Gasteiger partial charge in [0.2, 0.25) is 5.91 Å². The summed E-state index contributed by atoms with van der Waals surface area (Å²) in [5.74, 6) is 0.00617. The molecule has 0 aliphatic heterocycles. The number of amides is 2. The summed E-state index contributed by atoms with van der Waals surface area (Å²) >= 11 is 0. The van der Waals surface area contributed by atoms with Crippen molar-refractivity contribution in [2.75, 3.05) is 10.6 Å². The Hall–Kier alpha value is -3.73. The zero-order valence-electron chi connectivity index (χ0n) is 15.8. The Balaban J connectivity index is 1.65. The Morgan fingerprint density at radius 3 is 2.46 bits per heavy atom. The average molecular weight is 371 g/mol. The smallest absolute Gasteiger partial charge is 0.255 e. The first kappa shape index (κ1) is 19.0. The van der Waals surface area contributed by atoms with Gasteiger partial charge in [0.25, 0.3) is 5.91 Å². The van der Waals surface area contributed by atoms with Crippen LogP contribution in [0.2, 0.25) is 0 Å². The quantitative estimate of drug-likeness (QED) is 0.644. The maximum Gasteiger partial charge on any atom is 0.255 e. The molecule has 5 nitrogen and oxygen atoms in total. The van der Waals surface area contributed by atoms with Gasteiger partial charge in [0.1, 0.15) is 5.82 Å². The number of pyridine rings is 1. The minimum atomic E-state index is -0.286. The number of rotatable bonds is 5. The SMILES string of the molecule is Cc1ccc(NC(=O)/C=C/c2cccc(C(=O)Nc3cccc(C)c3)c2)nc1. The van der Waals surface area contributed by atoms with Gasteiger partial charge in [-0.25, -0.2) is 4.98 Å². The van der Waals surface area contributed by atoms with E-state index in [1.165, 1.54) is 6.08 Å². The third kappa shape index (κ3) is 5.38. The van der Waals surface area contributed by atoms with Crippen molar-refractivity contribution >= 4 is 29.4 Å². The largest absolute Gasteiger partial charge is 0.322 e. The van der Waals surface area contributed by atoms with E-state index in [9.17, 15) is 9.59 Å². The highest BCUT2D eigenvalue weighted by Gasteiger charge is 2.06. The van der Waals surface area contributed by atoms with Crippen LogP contribution in [-0.4, -0.2) is 16.8 Å². The summed E-state index contributed by atoms with van der Waals surface area (Å²) in [5.41, 5.74) is 4.11. The van der Waals surface area contributed by atoms with E-state index in [2.05, 4.69) is 15.6 Å².